The smallest absolute Gasteiger partial charge is 0.134 e. The van der Waals surface area contributed by atoms with Crippen LogP contribution in [0, 0.1) is 0 Å². The molecule has 0 atom stereocenters. The van der Waals surface area contributed by atoms with Gasteiger partial charge in [-0.25, -0.2) is 9.97 Å². The monoisotopic (exact) mass is 381 g/mol. The second kappa shape index (κ2) is 9.13. The summed E-state index contributed by atoms with van der Waals surface area (Å²) >= 11 is 0. The van der Waals surface area contributed by atoms with Gasteiger partial charge in [0.15, 0.2) is 0 Å². The third-order valence-corrected chi connectivity index (χ3v) is 5.90. The topological polar surface area (TPSA) is 53.5 Å². The molecule has 1 aliphatic carbocycles. The minimum absolute atomic E-state index is 0.553. The third-order valence-electron chi connectivity index (χ3n) is 5.90. The molecule has 0 amide bonds. The van der Waals surface area contributed by atoms with Gasteiger partial charge in [-0.15, -0.1) is 0 Å². The first-order chi connectivity index (χ1) is 13.8. The Bertz CT molecular complexity index is 735. The first kappa shape index (κ1) is 18.8. The van der Waals surface area contributed by atoms with Crippen LogP contribution in [0.1, 0.15) is 38.5 Å². The number of piperazine rings is 1. The van der Waals surface area contributed by atoms with Gasteiger partial charge in [0, 0.05) is 44.0 Å². The second-order valence-electron chi connectivity index (χ2n) is 7.77. The zero-order chi connectivity index (χ0) is 19.2. The van der Waals surface area contributed by atoms with Crippen LogP contribution in [0.25, 0.3) is 0 Å². The van der Waals surface area contributed by atoms with Crippen molar-refractivity contribution in [2.45, 2.75) is 44.6 Å². The summed E-state index contributed by atoms with van der Waals surface area (Å²) in [5.74, 6) is 2.90. The first-order valence-electron chi connectivity index (χ1n) is 10.5. The number of rotatable bonds is 5. The van der Waals surface area contributed by atoms with Crippen molar-refractivity contribution in [3.05, 3.63) is 36.7 Å². The quantitative estimate of drug-likeness (QED) is 0.792. The fraction of sp³-hybridized carbons (Fsp3) is 0.545. The van der Waals surface area contributed by atoms with Gasteiger partial charge in [-0.1, -0.05) is 25.7 Å². The number of methoxy groups -OCH3 is 1. The standard InChI is InChI=1S/C22H31N5O/c1-28-20-10-8-19(9-11-20)26-12-14-27(15-13-26)22-16-21(23-17-24-22)25-18-6-4-2-3-5-7-18/h8-11,16-18H,2-7,12-15H2,1H3,(H,23,24,25). The van der Waals surface area contributed by atoms with E-state index in [1.807, 2.05) is 12.1 Å². The van der Waals surface area contributed by atoms with Crippen LogP contribution in [0.2, 0.25) is 0 Å². The van der Waals surface area contributed by atoms with Crippen LogP contribution >= 0.6 is 0 Å². The Morgan fingerprint density at radius 3 is 2.25 bits per heavy atom. The Hall–Kier alpha value is -2.50. The molecule has 2 aromatic rings. The SMILES string of the molecule is COc1ccc(N2CCN(c3cc(NC4CCCCCC4)ncn3)CC2)cc1. The Balaban J connectivity index is 1.35. The molecule has 1 aromatic heterocycles. The van der Waals surface area contributed by atoms with Crippen molar-refractivity contribution in [1.82, 2.24) is 9.97 Å². The van der Waals surface area contributed by atoms with Crippen LogP contribution in [0.3, 0.4) is 0 Å². The van der Waals surface area contributed by atoms with Crippen molar-refractivity contribution in [3.63, 3.8) is 0 Å². The Morgan fingerprint density at radius 1 is 0.893 bits per heavy atom. The molecule has 1 aliphatic heterocycles. The van der Waals surface area contributed by atoms with Crippen LogP contribution in [-0.4, -0.2) is 49.3 Å². The summed E-state index contributed by atoms with van der Waals surface area (Å²) in [6.07, 6.45) is 9.58. The van der Waals surface area contributed by atoms with Crippen molar-refractivity contribution < 1.29 is 4.74 Å². The number of hydrogen-bond donors (Lipinski definition) is 1. The summed E-state index contributed by atoms with van der Waals surface area (Å²) in [5.41, 5.74) is 1.25. The van der Waals surface area contributed by atoms with Crippen molar-refractivity contribution in [2.75, 3.05) is 48.4 Å². The van der Waals surface area contributed by atoms with Crippen molar-refractivity contribution in [2.24, 2.45) is 0 Å². The van der Waals surface area contributed by atoms with Gasteiger partial charge in [0.1, 0.15) is 23.7 Å². The van der Waals surface area contributed by atoms with Gasteiger partial charge in [0.05, 0.1) is 7.11 Å². The largest absolute Gasteiger partial charge is 0.497 e. The Morgan fingerprint density at radius 2 is 1.57 bits per heavy atom. The number of hydrogen-bond acceptors (Lipinski definition) is 6. The summed E-state index contributed by atoms with van der Waals surface area (Å²) in [5, 5.41) is 3.65. The van der Waals surface area contributed by atoms with Gasteiger partial charge in [0.25, 0.3) is 0 Å². The van der Waals surface area contributed by atoms with Gasteiger partial charge in [-0.2, -0.15) is 0 Å². The molecule has 28 heavy (non-hydrogen) atoms. The lowest BCUT2D eigenvalue weighted by Gasteiger charge is -2.36. The average Bonchev–Trinajstić information content (AvgIpc) is 3.03. The fourth-order valence-corrected chi connectivity index (χ4v) is 4.22. The maximum absolute atomic E-state index is 5.26. The molecule has 0 radical (unpaired) electrons. The first-order valence-corrected chi connectivity index (χ1v) is 10.5. The summed E-state index contributed by atoms with van der Waals surface area (Å²) < 4.78 is 5.26. The molecule has 2 heterocycles. The van der Waals surface area contributed by atoms with Gasteiger partial charge < -0.3 is 19.9 Å². The number of ether oxygens (including phenoxy) is 1. The molecule has 1 saturated carbocycles. The van der Waals surface area contributed by atoms with Crippen molar-refractivity contribution in [1.29, 1.82) is 0 Å². The maximum Gasteiger partial charge on any atom is 0.134 e. The third kappa shape index (κ3) is 4.66. The van der Waals surface area contributed by atoms with Gasteiger partial charge >= 0.3 is 0 Å². The van der Waals surface area contributed by atoms with Gasteiger partial charge in [-0.3, -0.25) is 0 Å². The van der Waals surface area contributed by atoms with E-state index in [1.165, 1.54) is 44.2 Å². The lowest BCUT2D eigenvalue weighted by Crippen LogP contribution is -2.46. The molecule has 0 unspecified atom stereocenters. The molecule has 4 rings (SSSR count). The summed E-state index contributed by atoms with van der Waals surface area (Å²) in [7, 11) is 1.70. The summed E-state index contributed by atoms with van der Waals surface area (Å²) in [6, 6.07) is 11.0. The van der Waals surface area contributed by atoms with E-state index in [0.717, 1.165) is 43.6 Å². The second-order valence-corrected chi connectivity index (χ2v) is 7.77. The molecule has 2 fully saturated rings. The van der Waals surface area contributed by atoms with E-state index >= 15 is 0 Å². The van der Waals surface area contributed by atoms with E-state index < -0.39 is 0 Å². The van der Waals surface area contributed by atoms with E-state index in [4.69, 9.17) is 4.74 Å². The molecule has 1 N–H and O–H groups in total. The van der Waals surface area contributed by atoms with E-state index in [-0.39, 0.29) is 0 Å². The molecular weight excluding hydrogens is 350 g/mol. The highest BCUT2D eigenvalue weighted by atomic mass is 16.5. The molecule has 2 aliphatic rings. The van der Waals surface area contributed by atoms with Crippen LogP contribution in [0.15, 0.2) is 36.7 Å². The zero-order valence-electron chi connectivity index (χ0n) is 16.8. The fourth-order valence-electron chi connectivity index (χ4n) is 4.22. The highest BCUT2D eigenvalue weighted by molar-refractivity contribution is 5.53. The number of nitrogens with zero attached hydrogens (tertiary/aromatic N) is 4. The van der Waals surface area contributed by atoms with Crippen molar-refractivity contribution in [3.8, 4) is 5.75 Å². The summed E-state index contributed by atoms with van der Waals surface area (Å²) in [6.45, 7) is 3.90. The van der Waals surface area contributed by atoms with Crippen LogP contribution in [-0.2, 0) is 0 Å². The molecular formula is C22H31N5O. The predicted molar refractivity (Wildman–Crippen MR) is 115 cm³/mol. The maximum atomic E-state index is 5.26. The molecule has 1 saturated heterocycles. The summed E-state index contributed by atoms with van der Waals surface area (Å²) in [4.78, 5) is 13.8. The Kier molecular flexibility index (Phi) is 6.14. The molecule has 1 aromatic carbocycles. The minimum atomic E-state index is 0.553. The van der Waals surface area contributed by atoms with Crippen LogP contribution in [0.4, 0.5) is 17.3 Å². The number of benzene rings is 1. The number of aromatic nitrogens is 2. The van der Waals surface area contributed by atoms with E-state index in [0.29, 0.717) is 6.04 Å². The minimum Gasteiger partial charge on any atom is -0.497 e. The van der Waals surface area contributed by atoms with Crippen LogP contribution < -0.4 is 19.9 Å². The Labute approximate surface area is 167 Å². The highest BCUT2D eigenvalue weighted by Crippen LogP contribution is 2.24. The molecule has 6 nitrogen and oxygen atoms in total. The van der Waals surface area contributed by atoms with E-state index in [9.17, 15) is 0 Å². The number of anilines is 3. The predicted octanol–water partition coefficient (Wildman–Crippen LogP) is 3.95. The van der Waals surface area contributed by atoms with Gasteiger partial charge in [-0.05, 0) is 37.1 Å². The lowest BCUT2D eigenvalue weighted by atomic mass is 10.1. The van der Waals surface area contributed by atoms with Crippen molar-refractivity contribution >= 4 is 17.3 Å². The highest BCUT2D eigenvalue weighted by Gasteiger charge is 2.19. The molecule has 6 heteroatoms. The van der Waals surface area contributed by atoms with E-state index in [1.54, 1.807) is 13.4 Å². The lowest BCUT2D eigenvalue weighted by molar-refractivity contribution is 0.415. The van der Waals surface area contributed by atoms with E-state index in [2.05, 4.69) is 43.3 Å². The molecule has 0 spiro atoms. The van der Waals surface area contributed by atoms with Gasteiger partial charge in [0.2, 0.25) is 0 Å². The molecule has 0 bridgehead atoms. The van der Waals surface area contributed by atoms with Crippen LogP contribution in [0.5, 0.6) is 5.75 Å². The number of nitrogens with one attached hydrogen (secondary N) is 1. The zero-order valence-corrected chi connectivity index (χ0v) is 16.8. The normalized spacial score (nSPS) is 18.6. The average molecular weight is 382 g/mol. The molecule has 150 valence electrons.